The van der Waals surface area contributed by atoms with Crippen molar-refractivity contribution < 1.29 is 9.15 Å². The quantitative estimate of drug-likeness (QED) is 0.527. The average molecular weight is 327 g/mol. The van der Waals surface area contributed by atoms with Crippen molar-refractivity contribution in [1.29, 1.82) is 0 Å². The first kappa shape index (κ1) is 15.4. The molecular formula is C17H17N3O2S. The van der Waals surface area contributed by atoms with Crippen LogP contribution in [0.5, 0.6) is 5.75 Å². The Labute approximate surface area is 138 Å². The Morgan fingerprint density at radius 2 is 1.78 bits per heavy atom. The monoisotopic (exact) mass is 327 g/mol. The van der Waals surface area contributed by atoms with E-state index in [0.29, 0.717) is 29.8 Å². The first-order valence-corrected chi connectivity index (χ1v) is 8.40. The predicted octanol–water partition coefficient (Wildman–Crippen LogP) is 3.63. The Bertz CT molecular complexity index is 729. The summed E-state index contributed by atoms with van der Waals surface area (Å²) in [6.07, 6.45) is 0. The molecule has 0 bridgehead atoms. The minimum Gasteiger partial charge on any atom is -0.493 e. The molecule has 6 heteroatoms. The van der Waals surface area contributed by atoms with Crippen LogP contribution < -0.4 is 10.5 Å². The van der Waals surface area contributed by atoms with Gasteiger partial charge in [-0.05, 0) is 36.4 Å². The third kappa shape index (κ3) is 4.50. The largest absolute Gasteiger partial charge is 0.493 e. The van der Waals surface area contributed by atoms with Gasteiger partial charge in [0.15, 0.2) is 0 Å². The highest BCUT2D eigenvalue weighted by atomic mass is 32.2. The van der Waals surface area contributed by atoms with Gasteiger partial charge in [0.1, 0.15) is 5.75 Å². The standard InChI is InChI=1S/C17H17N3O2S/c18-14-8-6-13(7-9-14)17-20-19-16(22-17)12-23-11-10-21-15-4-2-1-3-5-15/h1-9H,10-12,18H2. The molecular weight excluding hydrogens is 310 g/mol. The highest BCUT2D eigenvalue weighted by molar-refractivity contribution is 7.98. The zero-order valence-electron chi connectivity index (χ0n) is 12.5. The maximum absolute atomic E-state index is 5.66. The van der Waals surface area contributed by atoms with Gasteiger partial charge in [0.05, 0.1) is 12.4 Å². The summed E-state index contributed by atoms with van der Waals surface area (Å²) in [4.78, 5) is 0. The third-order valence-corrected chi connectivity index (χ3v) is 4.00. The van der Waals surface area contributed by atoms with E-state index in [1.807, 2.05) is 54.6 Å². The summed E-state index contributed by atoms with van der Waals surface area (Å²) in [5.41, 5.74) is 7.25. The van der Waals surface area contributed by atoms with Gasteiger partial charge in [0.25, 0.3) is 0 Å². The number of hydrogen-bond donors (Lipinski definition) is 1. The van der Waals surface area contributed by atoms with Crippen LogP contribution in [0.25, 0.3) is 11.5 Å². The molecule has 3 rings (SSSR count). The van der Waals surface area contributed by atoms with Gasteiger partial charge in [-0.15, -0.1) is 22.0 Å². The number of para-hydroxylation sites is 1. The number of nitrogen functional groups attached to an aromatic ring is 1. The number of thioether (sulfide) groups is 1. The van der Waals surface area contributed by atoms with E-state index < -0.39 is 0 Å². The fraction of sp³-hybridized carbons (Fsp3) is 0.176. The van der Waals surface area contributed by atoms with Crippen molar-refractivity contribution in [2.24, 2.45) is 0 Å². The first-order chi connectivity index (χ1) is 11.3. The molecule has 118 valence electrons. The van der Waals surface area contributed by atoms with Crippen LogP contribution in [0.15, 0.2) is 59.0 Å². The van der Waals surface area contributed by atoms with Crippen molar-refractivity contribution in [1.82, 2.24) is 10.2 Å². The summed E-state index contributed by atoms with van der Waals surface area (Å²) in [6, 6.07) is 17.1. The molecule has 0 fully saturated rings. The molecule has 0 saturated carbocycles. The average Bonchev–Trinajstić information content (AvgIpc) is 3.05. The van der Waals surface area contributed by atoms with Crippen molar-refractivity contribution in [2.75, 3.05) is 18.1 Å². The lowest BCUT2D eigenvalue weighted by molar-refractivity contribution is 0.344. The minimum atomic E-state index is 0.515. The topological polar surface area (TPSA) is 74.2 Å². The van der Waals surface area contributed by atoms with E-state index in [1.54, 1.807) is 11.8 Å². The molecule has 0 amide bonds. The zero-order chi connectivity index (χ0) is 15.9. The number of ether oxygens (including phenoxy) is 1. The molecule has 2 aromatic carbocycles. The normalized spacial score (nSPS) is 10.6. The molecule has 0 aliphatic heterocycles. The Hall–Kier alpha value is -2.47. The van der Waals surface area contributed by atoms with Crippen LogP contribution in [0, 0.1) is 0 Å². The fourth-order valence-corrected chi connectivity index (χ4v) is 2.59. The van der Waals surface area contributed by atoms with Crippen molar-refractivity contribution >= 4 is 17.4 Å². The third-order valence-electron chi connectivity index (χ3n) is 3.09. The zero-order valence-corrected chi connectivity index (χ0v) is 13.3. The van der Waals surface area contributed by atoms with E-state index in [0.717, 1.165) is 17.1 Å². The molecule has 2 N–H and O–H groups in total. The highest BCUT2D eigenvalue weighted by Crippen LogP contribution is 2.21. The lowest BCUT2D eigenvalue weighted by Gasteiger charge is -2.04. The molecule has 5 nitrogen and oxygen atoms in total. The SMILES string of the molecule is Nc1ccc(-c2nnc(CSCCOc3ccccc3)o2)cc1. The Kier molecular flexibility index (Phi) is 5.16. The lowest BCUT2D eigenvalue weighted by atomic mass is 10.2. The van der Waals surface area contributed by atoms with Crippen molar-refractivity contribution in [3.05, 3.63) is 60.5 Å². The Balaban J connectivity index is 1.43. The van der Waals surface area contributed by atoms with Crippen LogP contribution in [0.4, 0.5) is 5.69 Å². The number of nitrogens with zero attached hydrogens (tertiary/aromatic N) is 2. The minimum absolute atomic E-state index is 0.515. The molecule has 0 atom stereocenters. The van der Waals surface area contributed by atoms with E-state index in [4.69, 9.17) is 14.9 Å². The molecule has 0 aliphatic rings. The number of benzene rings is 2. The van der Waals surface area contributed by atoms with E-state index in [1.165, 1.54) is 0 Å². The first-order valence-electron chi connectivity index (χ1n) is 7.25. The molecule has 3 aromatic rings. The van der Waals surface area contributed by atoms with Gasteiger partial charge in [0, 0.05) is 17.0 Å². The van der Waals surface area contributed by atoms with Crippen LogP contribution in [-0.4, -0.2) is 22.6 Å². The summed E-state index contributed by atoms with van der Waals surface area (Å²) in [5, 5.41) is 8.12. The molecule has 1 aromatic heterocycles. The molecule has 0 aliphatic carbocycles. The van der Waals surface area contributed by atoms with Gasteiger partial charge in [-0.1, -0.05) is 18.2 Å². The highest BCUT2D eigenvalue weighted by Gasteiger charge is 2.08. The van der Waals surface area contributed by atoms with Crippen LogP contribution in [0.1, 0.15) is 5.89 Å². The maximum atomic E-state index is 5.66. The van der Waals surface area contributed by atoms with Gasteiger partial charge < -0.3 is 14.9 Å². The van der Waals surface area contributed by atoms with Gasteiger partial charge in [-0.2, -0.15) is 0 Å². The summed E-state index contributed by atoms with van der Waals surface area (Å²) in [7, 11) is 0. The molecule has 0 radical (unpaired) electrons. The van der Waals surface area contributed by atoms with Crippen LogP contribution >= 0.6 is 11.8 Å². The summed E-state index contributed by atoms with van der Waals surface area (Å²) < 4.78 is 11.3. The van der Waals surface area contributed by atoms with Gasteiger partial charge >= 0.3 is 0 Å². The van der Waals surface area contributed by atoms with Gasteiger partial charge in [-0.25, -0.2) is 0 Å². The molecule has 0 saturated heterocycles. The van der Waals surface area contributed by atoms with Crippen LogP contribution in [-0.2, 0) is 5.75 Å². The molecule has 23 heavy (non-hydrogen) atoms. The lowest BCUT2D eigenvalue weighted by Crippen LogP contribution is -2.00. The van der Waals surface area contributed by atoms with Gasteiger partial charge in [0.2, 0.25) is 11.8 Å². The second-order valence-electron chi connectivity index (χ2n) is 4.84. The Morgan fingerprint density at radius 1 is 1.00 bits per heavy atom. The summed E-state index contributed by atoms with van der Waals surface area (Å²) >= 11 is 1.70. The second kappa shape index (κ2) is 7.69. The van der Waals surface area contributed by atoms with Crippen molar-refractivity contribution in [3.63, 3.8) is 0 Å². The van der Waals surface area contributed by atoms with Crippen molar-refractivity contribution in [2.45, 2.75) is 5.75 Å². The van der Waals surface area contributed by atoms with E-state index >= 15 is 0 Å². The van der Waals surface area contributed by atoms with Crippen LogP contribution in [0.3, 0.4) is 0 Å². The molecule has 1 heterocycles. The number of nitrogens with two attached hydrogens (primary N) is 1. The number of hydrogen-bond acceptors (Lipinski definition) is 6. The number of aromatic nitrogens is 2. The van der Waals surface area contributed by atoms with E-state index in [2.05, 4.69) is 10.2 Å². The Morgan fingerprint density at radius 3 is 2.57 bits per heavy atom. The predicted molar refractivity (Wildman–Crippen MR) is 92.2 cm³/mol. The maximum Gasteiger partial charge on any atom is 0.247 e. The van der Waals surface area contributed by atoms with E-state index in [9.17, 15) is 0 Å². The summed E-state index contributed by atoms with van der Waals surface area (Å²) in [5.74, 6) is 3.54. The number of anilines is 1. The molecule has 0 unspecified atom stereocenters. The smallest absolute Gasteiger partial charge is 0.247 e. The van der Waals surface area contributed by atoms with Crippen molar-refractivity contribution in [3.8, 4) is 17.2 Å². The number of rotatable bonds is 7. The van der Waals surface area contributed by atoms with Crippen LogP contribution in [0.2, 0.25) is 0 Å². The molecule has 0 spiro atoms. The fourth-order valence-electron chi connectivity index (χ4n) is 1.95. The summed E-state index contributed by atoms with van der Waals surface area (Å²) in [6.45, 7) is 0.646. The second-order valence-corrected chi connectivity index (χ2v) is 5.94. The van der Waals surface area contributed by atoms with E-state index in [-0.39, 0.29) is 0 Å². The van der Waals surface area contributed by atoms with Gasteiger partial charge in [-0.3, -0.25) is 0 Å².